The molecule has 2 aromatic rings. The Morgan fingerprint density at radius 1 is 1.38 bits per heavy atom. The highest BCUT2D eigenvalue weighted by atomic mass is 19.1. The van der Waals surface area contributed by atoms with E-state index in [1.165, 1.54) is 23.4 Å². The Morgan fingerprint density at radius 3 is 2.62 bits per heavy atom. The normalized spacial score (nSPS) is 16.3. The quantitative estimate of drug-likeness (QED) is 0.896. The number of carbonyl (C=O) groups is 1. The van der Waals surface area contributed by atoms with Crippen molar-refractivity contribution in [1.82, 2.24) is 20.1 Å². The molecule has 1 N–H and O–H groups in total. The molecule has 0 unspecified atom stereocenters. The van der Waals surface area contributed by atoms with E-state index in [1.54, 1.807) is 0 Å². The van der Waals surface area contributed by atoms with E-state index in [2.05, 4.69) is 15.4 Å². The van der Waals surface area contributed by atoms with E-state index in [0.717, 1.165) is 12.1 Å². The third kappa shape index (κ3) is 2.49. The zero-order valence-electron chi connectivity index (χ0n) is 10.9. The summed E-state index contributed by atoms with van der Waals surface area (Å²) in [5.74, 6) is -1.84. The van der Waals surface area contributed by atoms with E-state index in [0.29, 0.717) is 0 Å². The lowest BCUT2D eigenvalue weighted by Crippen LogP contribution is -2.60. The van der Waals surface area contributed by atoms with Gasteiger partial charge in [-0.2, -0.15) is 5.10 Å². The SMILES string of the molecule is O=C(Cn1cncn1)NC1(c2c(F)cccc2F)COC1. The molecule has 2 heterocycles. The minimum atomic E-state index is -1.17. The largest absolute Gasteiger partial charge is 0.376 e. The monoisotopic (exact) mass is 294 g/mol. The van der Waals surface area contributed by atoms with Gasteiger partial charge in [-0.15, -0.1) is 0 Å². The Hall–Kier alpha value is -2.35. The van der Waals surface area contributed by atoms with Crippen molar-refractivity contribution in [3.05, 3.63) is 48.1 Å². The van der Waals surface area contributed by atoms with Crippen LogP contribution in [0.2, 0.25) is 0 Å². The average Bonchev–Trinajstić information content (AvgIpc) is 2.88. The smallest absolute Gasteiger partial charge is 0.242 e. The van der Waals surface area contributed by atoms with Crippen LogP contribution in [0.5, 0.6) is 0 Å². The third-order valence-corrected chi connectivity index (χ3v) is 3.29. The van der Waals surface area contributed by atoms with Gasteiger partial charge in [0.25, 0.3) is 0 Å². The number of hydrogen-bond acceptors (Lipinski definition) is 4. The van der Waals surface area contributed by atoms with E-state index in [4.69, 9.17) is 4.74 Å². The van der Waals surface area contributed by atoms with E-state index in [-0.39, 0.29) is 25.3 Å². The fraction of sp³-hybridized carbons (Fsp3) is 0.308. The average molecular weight is 294 g/mol. The number of rotatable bonds is 4. The third-order valence-electron chi connectivity index (χ3n) is 3.29. The zero-order chi connectivity index (χ0) is 14.9. The lowest BCUT2D eigenvalue weighted by Gasteiger charge is -2.42. The summed E-state index contributed by atoms with van der Waals surface area (Å²) in [4.78, 5) is 15.7. The summed E-state index contributed by atoms with van der Waals surface area (Å²) in [5.41, 5.74) is -1.35. The van der Waals surface area contributed by atoms with Gasteiger partial charge in [-0.1, -0.05) is 6.07 Å². The van der Waals surface area contributed by atoms with Crippen molar-refractivity contribution in [2.24, 2.45) is 0 Å². The molecule has 1 saturated heterocycles. The molecule has 8 heteroatoms. The number of nitrogens with one attached hydrogen (secondary N) is 1. The van der Waals surface area contributed by atoms with Gasteiger partial charge in [0, 0.05) is 0 Å². The number of amides is 1. The maximum absolute atomic E-state index is 13.9. The first kappa shape index (κ1) is 13.6. The standard InChI is InChI=1S/C13H12F2N4O2/c14-9-2-1-3-10(15)12(9)13(5-21-6-13)18-11(20)4-19-8-16-7-17-19/h1-3,7-8H,4-6H2,(H,18,20). The topological polar surface area (TPSA) is 69.0 Å². The molecule has 3 rings (SSSR count). The van der Waals surface area contributed by atoms with Crippen LogP contribution in [-0.4, -0.2) is 33.9 Å². The molecular formula is C13H12F2N4O2. The second-order valence-corrected chi connectivity index (χ2v) is 4.81. The van der Waals surface area contributed by atoms with Crippen LogP contribution in [0.1, 0.15) is 5.56 Å². The zero-order valence-corrected chi connectivity index (χ0v) is 10.9. The lowest BCUT2D eigenvalue weighted by atomic mass is 9.87. The molecule has 1 fully saturated rings. The van der Waals surface area contributed by atoms with Crippen LogP contribution in [0, 0.1) is 11.6 Å². The van der Waals surface area contributed by atoms with Gasteiger partial charge in [0.1, 0.15) is 36.4 Å². The van der Waals surface area contributed by atoms with Crippen molar-refractivity contribution in [2.45, 2.75) is 12.1 Å². The van der Waals surface area contributed by atoms with Crippen molar-refractivity contribution in [1.29, 1.82) is 0 Å². The van der Waals surface area contributed by atoms with Crippen LogP contribution in [0.15, 0.2) is 30.9 Å². The molecule has 0 bridgehead atoms. The molecule has 6 nitrogen and oxygen atoms in total. The number of benzene rings is 1. The summed E-state index contributed by atoms with van der Waals surface area (Å²) in [6.07, 6.45) is 2.68. The molecule has 1 aliphatic rings. The maximum atomic E-state index is 13.9. The summed E-state index contributed by atoms with van der Waals surface area (Å²) < 4.78 is 34.2. The highest BCUT2D eigenvalue weighted by Gasteiger charge is 2.45. The van der Waals surface area contributed by atoms with Gasteiger partial charge in [0.05, 0.1) is 18.8 Å². The van der Waals surface area contributed by atoms with E-state index in [9.17, 15) is 13.6 Å². The predicted molar refractivity (Wildman–Crippen MR) is 67.0 cm³/mol. The molecular weight excluding hydrogens is 282 g/mol. The number of ether oxygens (including phenoxy) is 1. The van der Waals surface area contributed by atoms with Crippen molar-refractivity contribution in [3.63, 3.8) is 0 Å². The van der Waals surface area contributed by atoms with Crippen LogP contribution < -0.4 is 5.32 Å². The summed E-state index contributed by atoms with van der Waals surface area (Å²) in [6, 6.07) is 3.59. The predicted octanol–water partition coefficient (Wildman–Crippen LogP) is 0.598. The maximum Gasteiger partial charge on any atom is 0.242 e. The van der Waals surface area contributed by atoms with Crippen LogP contribution in [0.4, 0.5) is 8.78 Å². The summed E-state index contributed by atoms with van der Waals surface area (Å²) in [6.45, 7) is -0.0419. The van der Waals surface area contributed by atoms with Crippen molar-refractivity contribution in [3.8, 4) is 0 Å². The number of aromatic nitrogens is 3. The fourth-order valence-electron chi connectivity index (χ4n) is 2.31. The van der Waals surface area contributed by atoms with Crippen LogP contribution >= 0.6 is 0 Å². The molecule has 0 radical (unpaired) electrons. The second kappa shape index (κ2) is 5.21. The Kier molecular flexibility index (Phi) is 3.38. The minimum absolute atomic E-state index is 0.0218. The van der Waals surface area contributed by atoms with Crippen LogP contribution in [0.25, 0.3) is 0 Å². The number of carbonyl (C=O) groups excluding carboxylic acids is 1. The van der Waals surface area contributed by atoms with E-state index < -0.39 is 23.1 Å². The van der Waals surface area contributed by atoms with Crippen molar-refractivity contribution >= 4 is 5.91 Å². The number of halogens is 2. The van der Waals surface area contributed by atoms with Crippen molar-refractivity contribution < 1.29 is 18.3 Å². The van der Waals surface area contributed by atoms with Gasteiger partial charge in [0.2, 0.25) is 5.91 Å². The molecule has 1 aromatic heterocycles. The lowest BCUT2D eigenvalue weighted by molar-refractivity contribution is -0.135. The second-order valence-electron chi connectivity index (χ2n) is 4.81. The molecule has 0 spiro atoms. The van der Waals surface area contributed by atoms with Gasteiger partial charge in [0.15, 0.2) is 0 Å². The Morgan fingerprint density at radius 2 is 2.10 bits per heavy atom. The molecule has 1 aromatic carbocycles. The Labute approximate surface area is 118 Å². The first-order valence-corrected chi connectivity index (χ1v) is 6.26. The Balaban J connectivity index is 1.82. The molecule has 1 amide bonds. The van der Waals surface area contributed by atoms with Gasteiger partial charge in [-0.3, -0.25) is 4.79 Å². The first-order valence-electron chi connectivity index (χ1n) is 6.26. The highest BCUT2D eigenvalue weighted by molar-refractivity contribution is 5.77. The van der Waals surface area contributed by atoms with E-state index in [1.807, 2.05) is 0 Å². The van der Waals surface area contributed by atoms with E-state index >= 15 is 0 Å². The highest BCUT2D eigenvalue weighted by Crippen LogP contribution is 2.33. The molecule has 1 aliphatic heterocycles. The molecule has 0 saturated carbocycles. The number of hydrogen-bond donors (Lipinski definition) is 1. The number of nitrogens with zero attached hydrogens (tertiary/aromatic N) is 3. The molecule has 110 valence electrons. The van der Waals surface area contributed by atoms with Gasteiger partial charge in [-0.05, 0) is 12.1 Å². The molecule has 0 atom stereocenters. The van der Waals surface area contributed by atoms with Crippen LogP contribution in [-0.2, 0) is 21.6 Å². The van der Waals surface area contributed by atoms with Crippen LogP contribution in [0.3, 0.4) is 0 Å². The van der Waals surface area contributed by atoms with Gasteiger partial charge in [-0.25, -0.2) is 18.4 Å². The summed E-state index contributed by atoms with van der Waals surface area (Å²) in [5, 5.41) is 6.44. The van der Waals surface area contributed by atoms with Crippen molar-refractivity contribution in [2.75, 3.05) is 13.2 Å². The van der Waals surface area contributed by atoms with Gasteiger partial charge >= 0.3 is 0 Å². The molecule has 0 aliphatic carbocycles. The van der Waals surface area contributed by atoms with Gasteiger partial charge < -0.3 is 10.1 Å². The summed E-state index contributed by atoms with van der Waals surface area (Å²) in [7, 11) is 0. The first-order chi connectivity index (χ1) is 10.1. The summed E-state index contributed by atoms with van der Waals surface area (Å²) >= 11 is 0. The Bertz CT molecular complexity index is 636. The fourth-order valence-corrected chi connectivity index (χ4v) is 2.31. The minimum Gasteiger partial charge on any atom is -0.376 e. The molecule has 21 heavy (non-hydrogen) atoms.